The molecule has 0 aliphatic heterocycles. The Kier molecular flexibility index (Phi) is 3.09. The highest BCUT2D eigenvalue weighted by atomic mass is 16.4. The van der Waals surface area contributed by atoms with Crippen LogP contribution in [-0.2, 0) is 6.42 Å². The van der Waals surface area contributed by atoms with E-state index < -0.39 is 0 Å². The summed E-state index contributed by atoms with van der Waals surface area (Å²) in [5.41, 5.74) is 1.05. The fourth-order valence-corrected chi connectivity index (χ4v) is 1.17. The summed E-state index contributed by atoms with van der Waals surface area (Å²) in [4.78, 5) is 4.28. The number of hydrogen-bond donors (Lipinski definition) is 0. The summed E-state index contributed by atoms with van der Waals surface area (Å²) < 4.78 is 5.33. The van der Waals surface area contributed by atoms with Crippen molar-refractivity contribution in [2.45, 2.75) is 33.1 Å². The van der Waals surface area contributed by atoms with Gasteiger partial charge in [-0.3, -0.25) is 0 Å². The molecule has 0 N–H and O–H groups in total. The van der Waals surface area contributed by atoms with Crippen LogP contribution < -0.4 is 0 Å². The van der Waals surface area contributed by atoms with E-state index in [4.69, 9.17) is 4.42 Å². The number of oxazole rings is 1. The summed E-state index contributed by atoms with van der Waals surface area (Å²) in [6.45, 7) is 7.71. The summed E-state index contributed by atoms with van der Waals surface area (Å²) in [7, 11) is 0. The maximum Gasteiger partial charge on any atom is 0.192 e. The van der Waals surface area contributed by atoms with E-state index in [1.54, 1.807) is 6.08 Å². The lowest BCUT2D eigenvalue weighted by Crippen LogP contribution is -1.87. The maximum absolute atomic E-state index is 5.33. The van der Waals surface area contributed by atoms with Crippen LogP contribution in [0.25, 0.3) is 6.08 Å². The first-order valence-corrected chi connectivity index (χ1v) is 4.36. The molecule has 1 aromatic heterocycles. The van der Waals surface area contributed by atoms with Crippen molar-refractivity contribution in [3.63, 3.8) is 0 Å². The molecule has 0 unspecified atom stereocenters. The van der Waals surface area contributed by atoms with Crippen LogP contribution in [0.2, 0.25) is 0 Å². The van der Waals surface area contributed by atoms with E-state index in [1.165, 1.54) is 6.42 Å². The molecule has 1 rings (SSSR count). The second-order valence-corrected chi connectivity index (χ2v) is 2.85. The first-order valence-electron chi connectivity index (χ1n) is 4.36. The molecule has 0 spiro atoms. The topological polar surface area (TPSA) is 26.0 Å². The largest absolute Gasteiger partial charge is 0.441 e. The van der Waals surface area contributed by atoms with Crippen LogP contribution in [0.3, 0.4) is 0 Å². The molecule has 0 radical (unpaired) electrons. The van der Waals surface area contributed by atoms with Gasteiger partial charge in [-0.05, 0) is 18.9 Å². The molecule has 0 aliphatic carbocycles. The summed E-state index contributed by atoms with van der Waals surface area (Å²) in [6.07, 6.45) is 5.06. The molecule has 0 amide bonds. The second-order valence-electron chi connectivity index (χ2n) is 2.85. The Morgan fingerprint density at radius 2 is 2.33 bits per heavy atom. The van der Waals surface area contributed by atoms with Crippen LogP contribution in [0.1, 0.15) is 37.1 Å². The Hall–Kier alpha value is -1.05. The Bertz CT molecular complexity index is 263. The third-order valence-corrected chi connectivity index (χ3v) is 1.79. The normalized spacial score (nSPS) is 10.2. The quantitative estimate of drug-likeness (QED) is 0.685. The van der Waals surface area contributed by atoms with Crippen molar-refractivity contribution in [2.75, 3.05) is 0 Å². The fraction of sp³-hybridized carbons (Fsp3) is 0.500. The molecule has 12 heavy (non-hydrogen) atoms. The molecule has 0 aromatic carbocycles. The smallest absolute Gasteiger partial charge is 0.192 e. The van der Waals surface area contributed by atoms with Crippen molar-refractivity contribution < 1.29 is 4.42 Å². The first kappa shape index (κ1) is 9.04. The third-order valence-electron chi connectivity index (χ3n) is 1.79. The van der Waals surface area contributed by atoms with Gasteiger partial charge >= 0.3 is 0 Å². The van der Waals surface area contributed by atoms with Crippen molar-refractivity contribution in [3.05, 3.63) is 23.9 Å². The molecule has 1 heterocycles. The van der Waals surface area contributed by atoms with Gasteiger partial charge in [0.1, 0.15) is 5.76 Å². The van der Waals surface area contributed by atoms with Gasteiger partial charge in [-0.1, -0.05) is 19.9 Å². The van der Waals surface area contributed by atoms with Crippen LogP contribution in [0.4, 0.5) is 0 Å². The molecule has 0 aliphatic rings. The van der Waals surface area contributed by atoms with Crippen molar-refractivity contribution in [3.8, 4) is 0 Å². The molecule has 0 fully saturated rings. The molecular formula is C10H15NO. The summed E-state index contributed by atoms with van der Waals surface area (Å²) >= 11 is 0. The zero-order valence-corrected chi connectivity index (χ0v) is 7.76. The number of nitrogens with zero attached hydrogens (tertiary/aromatic N) is 1. The van der Waals surface area contributed by atoms with Crippen LogP contribution in [0.5, 0.6) is 0 Å². The van der Waals surface area contributed by atoms with E-state index in [0.29, 0.717) is 0 Å². The molecule has 0 atom stereocenters. The molecule has 1 aromatic rings. The van der Waals surface area contributed by atoms with E-state index in [0.717, 1.165) is 30.2 Å². The minimum Gasteiger partial charge on any atom is -0.441 e. The standard InChI is InChI=1S/C10H15NO/c1-4-6-7-9-10(5-2)12-8(3)11-9/h5H,2,4,6-7H2,1,3H3. The number of aromatic nitrogens is 1. The fourth-order valence-electron chi connectivity index (χ4n) is 1.17. The SMILES string of the molecule is C=Cc1oc(C)nc1CCCC. The molecule has 2 heteroatoms. The van der Waals surface area contributed by atoms with Crippen LogP contribution >= 0.6 is 0 Å². The van der Waals surface area contributed by atoms with Gasteiger partial charge in [-0.15, -0.1) is 0 Å². The minimum atomic E-state index is 0.732. The predicted octanol–water partition coefficient (Wildman–Crippen LogP) is 2.97. The van der Waals surface area contributed by atoms with E-state index in [1.807, 2.05) is 6.92 Å². The first-order chi connectivity index (χ1) is 5.77. The summed E-state index contributed by atoms with van der Waals surface area (Å²) in [6, 6.07) is 0. The molecule has 0 saturated heterocycles. The predicted molar refractivity (Wildman–Crippen MR) is 49.9 cm³/mol. The van der Waals surface area contributed by atoms with Gasteiger partial charge in [0.2, 0.25) is 0 Å². The average molecular weight is 165 g/mol. The zero-order chi connectivity index (χ0) is 8.97. The number of unbranched alkanes of at least 4 members (excludes halogenated alkanes) is 1. The molecule has 2 nitrogen and oxygen atoms in total. The molecule has 66 valence electrons. The minimum absolute atomic E-state index is 0.732. The highest BCUT2D eigenvalue weighted by molar-refractivity contribution is 5.42. The van der Waals surface area contributed by atoms with Gasteiger partial charge in [0, 0.05) is 6.92 Å². The van der Waals surface area contributed by atoms with Crippen LogP contribution in [0, 0.1) is 6.92 Å². The number of hydrogen-bond acceptors (Lipinski definition) is 2. The Morgan fingerprint density at radius 3 is 2.92 bits per heavy atom. The average Bonchev–Trinajstić information content (AvgIpc) is 2.42. The van der Waals surface area contributed by atoms with Gasteiger partial charge < -0.3 is 4.42 Å². The Labute approximate surface area is 73.3 Å². The van der Waals surface area contributed by atoms with Crippen LogP contribution in [-0.4, -0.2) is 4.98 Å². The Morgan fingerprint density at radius 1 is 1.58 bits per heavy atom. The van der Waals surface area contributed by atoms with Crippen molar-refractivity contribution >= 4 is 6.08 Å². The van der Waals surface area contributed by atoms with E-state index in [2.05, 4.69) is 18.5 Å². The van der Waals surface area contributed by atoms with Crippen LogP contribution in [0.15, 0.2) is 11.0 Å². The van der Waals surface area contributed by atoms with Gasteiger partial charge in [0.05, 0.1) is 5.69 Å². The zero-order valence-electron chi connectivity index (χ0n) is 7.76. The van der Waals surface area contributed by atoms with Gasteiger partial charge in [0.25, 0.3) is 0 Å². The third kappa shape index (κ3) is 1.97. The number of rotatable bonds is 4. The molecule has 0 bridgehead atoms. The lowest BCUT2D eigenvalue weighted by Gasteiger charge is -1.93. The maximum atomic E-state index is 5.33. The van der Waals surface area contributed by atoms with Crippen molar-refractivity contribution in [1.82, 2.24) is 4.98 Å². The van der Waals surface area contributed by atoms with Gasteiger partial charge in [-0.25, -0.2) is 4.98 Å². The van der Waals surface area contributed by atoms with Gasteiger partial charge in [0.15, 0.2) is 5.89 Å². The van der Waals surface area contributed by atoms with Crippen molar-refractivity contribution in [2.24, 2.45) is 0 Å². The van der Waals surface area contributed by atoms with E-state index >= 15 is 0 Å². The lowest BCUT2D eigenvalue weighted by molar-refractivity contribution is 0.512. The molecular weight excluding hydrogens is 150 g/mol. The highest BCUT2D eigenvalue weighted by Crippen LogP contribution is 2.14. The number of aryl methyl sites for hydroxylation is 2. The lowest BCUT2D eigenvalue weighted by atomic mass is 10.2. The summed E-state index contributed by atoms with van der Waals surface area (Å²) in [5, 5.41) is 0. The highest BCUT2D eigenvalue weighted by Gasteiger charge is 2.06. The van der Waals surface area contributed by atoms with Crippen molar-refractivity contribution in [1.29, 1.82) is 0 Å². The monoisotopic (exact) mass is 165 g/mol. The molecule has 0 saturated carbocycles. The van der Waals surface area contributed by atoms with E-state index in [9.17, 15) is 0 Å². The van der Waals surface area contributed by atoms with Gasteiger partial charge in [-0.2, -0.15) is 0 Å². The summed E-state index contributed by atoms with van der Waals surface area (Å²) in [5.74, 6) is 1.57. The second kappa shape index (κ2) is 4.10. The Balaban J connectivity index is 2.74. The van der Waals surface area contributed by atoms with E-state index in [-0.39, 0.29) is 0 Å².